The second-order valence-electron chi connectivity index (χ2n) is 6.05. The Hall–Kier alpha value is -1.10. The molecule has 0 spiro atoms. The highest BCUT2D eigenvalue weighted by Crippen LogP contribution is 2.25. The van der Waals surface area contributed by atoms with Gasteiger partial charge >= 0.3 is 0 Å². The van der Waals surface area contributed by atoms with E-state index in [1.807, 2.05) is 25.1 Å². The molecule has 1 atom stereocenters. The molecule has 0 amide bonds. The van der Waals surface area contributed by atoms with Gasteiger partial charge in [0.05, 0.1) is 6.61 Å². The van der Waals surface area contributed by atoms with Crippen LogP contribution in [0.1, 0.15) is 31.4 Å². The molecule has 0 saturated carbocycles. The summed E-state index contributed by atoms with van der Waals surface area (Å²) in [6, 6.07) is 8.77. The van der Waals surface area contributed by atoms with Gasteiger partial charge in [0.15, 0.2) is 0 Å². The summed E-state index contributed by atoms with van der Waals surface area (Å²) in [6.07, 6.45) is 2.46. The Morgan fingerprint density at radius 3 is 2.67 bits per heavy atom. The number of para-hydroxylation sites is 1. The van der Waals surface area contributed by atoms with E-state index in [1.54, 1.807) is 0 Å². The maximum atomic E-state index is 6.43. The molecule has 1 aromatic rings. The van der Waals surface area contributed by atoms with E-state index in [-0.39, 0.29) is 6.04 Å². The van der Waals surface area contributed by atoms with Gasteiger partial charge in [0.1, 0.15) is 5.75 Å². The minimum Gasteiger partial charge on any atom is -0.494 e. The fraction of sp³-hybridized carbons (Fsp3) is 0.647. The lowest BCUT2D eigenvalue weighted by molar-refractivity contribution is 0.138. The van der Waals surface area contributed by atoms with Crippen LogP contribution in [0.5, 0.6) is 5.75 Å². The molecule has 118 valence electrons. The van der Waals surface area contributed by atoms with Crippen LogP contribution in [0.25, 0.3) is 0 Å². The Morgan fingerprint density at radius 1 is 1.33 bits per heavy atom. The molecule has 1 aliphatic heterocycles. The number of nitrogens with two attached hydrogens (primary N) is 1. The zero-order valence-electron chi connectivity index (χ0n) is 13.6. The summed E-state index contributed by atoms with van der Waals surface area (Å²) < 4.78 is 5.69. The SMILES string of the molecule is CCOc1ccccc1C(N)CN(C)C1CCN(C)CC1. The van der Waals surface area contributed by atoms with Crippen molar-refractivity contribution in [2.45, 2.75) is 31.8 Å². The Labute approximate surface area is 128 Å². The van der Waals surface area contributed by atoms with E-state index in [1.165, 1.54) is 25.9 Å². The van der Waals surface area contributed by atoms with Crippen molar-refractivity contribution in [2.24, 2.45) is 5.73 Å². The molecule has 1 unspecified atom stereocenters. The molecule has 2 N–H and O–H groups in total. The number of likely N-dealkylation sites (N-methyl/N-ethyl adjacent to an activating group) is 1. The zero-order chi connectivity index (χ0) is 15.2. The first-order valence-corrected chi connectivity index (χ1v) is 7.98. The number of piperidine rings is 1. The van der Waals surface area contributed by atoms with Gasteiger partial charge in [0.2, 0.25) is 0 Å². The molecular weight excluding hydrogens is 262 g/mol. The topological polar surface area (TPSA) is 41.7 Å². The Balaban J connectivity index is 1.95. The van der Waals surface area contributed by atoms with E-state index in [0.717, 1.165) is 17.9 Å². The van der Waals surface area contributed by atoms with Gasteiger partial charge < -0.3 is 20.3 Å². The summed E-state index contributed by atoms with van der Waals surface area (Å²) in [5, 5.41) is 0. The number of nitrogens with zero attached hydrogens (tertiary/aromatic N) is 2. The number of hydrogen-bond acceptors (Lipinski definition) is 4. The van der Waals surface area contributed by atoms with E-state index in [4.69, 9.17) is 10.5 Å². The number of benzene rings is 1. The number of likely N-dealkylation sites (tertiary alicyclic amines) is 1. The molecule has 1 heterocycles. The van der Waals surface area contributed by atoms with Gasteiger partial charge in [-0.1, -0.05) is 18.2 Å². The monoisotopic (exact) mass is 291 g/mol. The van der Waals surface area contributed by atoms with Crippen molar-refractivity contribution in [3.63, 3.8) is 0 Å². The van der Waals surface area contributed by atoms with Gasteiger partial charge in [-0.25, -0.2) is 0 Å². The number of rotatable bonds is 6. The molecule has 1 fully saturated rings. The molecular formula is C17H29N3O. The molecule has 1 aliphatic rings. The van der Waals surface area contributed by atoms with Gasteiger partial charge in [-0.05, 0) is 53.0 Å². The first-order chi connectivity index (χ1) is 10.1. The normalized spacial score (nSPS) is 18.9. The van der Waals surface area contributed by atoms with E-state index in [9.17, 15) is 0 Å². The van der Waals surface area contributed by atoms with E-state index in [2.05, 4.69) is 30.0 Å². The third-order valence-corrected chi connectivity index (χ3v) is 4.41. The predicted molar refractivity (Wildman–Crippen MR) is 87.7 cm³/mol. The van der Waals surface area contributed by atoms with Crippen molar-refractivity contribution < 1.29 is 4.74 Å². The molecule has 4 heteroatoms. The first kappa shape index (κ1) is 16.3. The third-order valence-electron chi connectivity index (χ3n) is 4.41. The fourth-order valence-electron chi connectivity index (χ4n) is 3.07. The minimum atomic E-state index is -0.00240. The molecule has 0 aromatic heterocycles. The van der Waals surface area contributed by atoms with Gasteiger partial charge in [-0.3, -0.25) is 0 Å². The van der Waals surface area contributed by atoms with E-state index >= 15 is 0 Å². The molecule has 21 heavy (non-hydrogen) atoms. The van der Waals surface area contributed by atoms with Crippen LogP contribution in [0.4, 0.5) is 0 Å². The maximum Gasteiger partial charge on any atom is 0.124 e. The fourth-order valence-corrected chi connectivity index (χ4v) is 3.07. The quantitative estimate of drug-likeness (QED) is 0.871. The van der Waals surface area contributed by atoms with Crippen molar-refractivity contribution in [1.82, 2.24) is 9.80 Å². The molecule has 0 radical (unpaired) electrons. The molecule has 2 rings (SSSR count). The summed E-state index contributed by atoms with van der Waals surface area (Å²) >= 11 is 0. The van der Waals surface area contributed by atoms with Crippen molar-refractivity contribution in [1.29, 1.82) is 0 Å². The van der Waals surface area contributed by atoms with Crippen LogP contribution in [-0.4, -0.2) is 56.2 Å². The van der Waals surface area contributed by atoms with Crippen LogP contribution < -0.4 is 10.5 Å². The molecule has 1 aromatic carbocycles. The van der Waals surface area contributed by atoms with Crippen molar-refractivity contribution in [3.8, 4) is 5.75 Å². The minimum absolute atomic E-state index is 0.00240. The first-order valence-electron chi connectivity index (χ1n) is 7.98. The van der Waals surface area contributed by atoms with Gasteiger partial charge in [-0.15, -0.1) is 0 Å². The second kappa shape index (κ2) is 7.78. The van der Waals surface area contributed by atoms with Crippen molar-refractivity contribution >= 4 is 0 Å². The lowest BCUT2D eigenvalue weighted by Crippen LogP contribution is -2.44. The van der Waals surface area contributed by atoms with Crippen LogP contribution in [0.3, 0.4) is 0 Å². The highest BCUT2D eigenvalue weighted by molar-refractivity contribution is 5.36. The van der Waals surface area contributed by atoms with Crippen LogP contribution in [0, 0.1) is 0 Å². The smallest absolute Gasteiger partial charge is 0.124 e. The van der Waals surface area contributed by atoms with Gasteiger partial charge in [0, 0.05) is 24.2 Å². The largest absolute Gasteiger partial charge is 0.494 e. The van der Waals surface area contributed by atoms with Crippen molar-refractivity contribution in [2.75, 3.05) is 40.3 Å². The van der Waals surface area contributed by atoms with Crippen LogP contribution in [0.15, 0.2) is 24.3 Å². The maximum absolute atomic E-state index is 6.43. The lowest BCUT2D eigenvalue weighted by Gasteiger charge is -2.36. The lowest BCUT2D eigenvalue weighted by atomic mass is 10.0. The zero-order valence-corrected chi connectivity index (χ0v) is 13.6. The van der Waals surface area contributed by atoms with Crippen LogP contribution in [0.2, 0.25) is 0 Å². The second-order valence-corrected chi connectivity index (χ2v) is 6.05. The van der Waals surface area contributed by atoms with Gasteiger partial charge in [0.25, 0.3) is 0 Å². The van der Waals surface area contributed by atoms with E-state index < -0.39 is 0 Å². The number of ether oxygens (including phenoxy) is 1. The van der Waals surface area contributed by atoms with Crippen LogP contribution in [-0.2, 0) is 0 Å². The summed E-state index contributed by atoms with van der Waals surface area (Å²) in [5.41, 5.74) is 7.54. The summed E-state index contributed by atoms with van der Waals surface area (Å²) in [6.45, 7) is 5.92. The van der Waals surface area contributed by atoms with E-state index in [0.29, 0.717) is 12.6 Å². The number of hydrogen-bond donors (Lipinski definition) is 1. The van der Waals surface area contributed by atoms with Crippen LogP contribution >= 0.6 is 0 Å². The standard InChI is InChI=1S/C17H29N3O/c1-4-21-17-8-6-5-7-15(17)16(18)13-20(3)14-9-11-19(2)12-10-14/h5-8,14,16H,4,9-13,18H2,1-3H3. The highest BCUT2D eigenvalue weighted by atomic mass is 16.5. The molecule has 0 bridgehead atoms. The molecule has 1 saturated heterocycles. The molecule has 4 nitrogen and oxygen atoms in total. The average Bonchev–Trinajstić information content (AvgIpc) is 2.48. The predicted octanol–water partition coefficient (Wildman–Crippen LogP) is 2.11. The highest BCUT2D eigenvalue weighted by Gasteiger charge is 2.23. The Morgan fingerprint density at radius 2 is 2.00 bits per heavy atom. The average molecular weight is 291 g/mol. The Kier molecular flexibility index (Phi) is 6.03. The third kappa shape index (κ3) is 4.43. The molecule has 0 aliphatic carbocycles. The summed E-state index contributed by atoms with van der Waals surface area (Å²) in [5.74, 6) is 0.921. The van der Waals surface area contributed by atoms with Crippen molar-refractivity contribution in [3.05, 3.63) is 29.8 Å². The summed E-state index contributed by atoms with van der Waals surface area (Å²) in [4.78, 5) is 4.81. The Bertz CT molecular complexity index is 430. The summed E-state index contributed by atoms with van der Waals surface area (Å²) in [7, 11) is 4.39. The van der Waals surface area contributed by atoms with Gasteiger partial charge in [-0.2, -0.15) is 0 Å².